The van der Waals surface area contributed by atoms with Gasteiger partial charge in [0.05, 0.1) is 11.0 Å². The van der Waals surface area contributed by atoms with E-state index >= 15 is 0 Å². The van der Waals surface area contributed by atoms with E-state index in [-0.39, 0.29) is 0 Å². The van der Waals surface area contributed by atoms with E-state index in [0.717, 1.165) is 5.69 Å². The molecule has 65 heavy (non-hydrogen) atoms. The largest absolute Gasteiger partial charge is 0.309 e. The lowest BCUT2D eigenvalue weighted by Crippen LogP contribution is -1.95. The van der Waals surface area contributed by atoms with Gasteiger partial charge in [-0.25, -0.2) is 0 Å². The third-order valence-electron chi connectivity index (χ3n) is 13.6. The minimum Gasteiger partial charge on any atom is -0.309 e. The van der Waals surface area contributed by atoms with Gasteiger partial charge < -0.3 is 4.57 Å². The van der Waals surface area contributed by atoms with Crippen molar-refractivity contribution in [2.75, 3.05) is 0 Å². The van der Waals surface area contributed by atoms with Crippen molar-refractivity contribution in [2.24, 2.45) is 0 Å². The maximum Gasteiger partial charge on any atom is 0.0553 e. The van der Waals surface area contributed by atoms with Crippen LogP contribution in [0.15, 0.2) is 249 Å². The first-order valence-electron chi connectivity index (χ1n) is 22.5. The van der Waals surface area contributed by atoms with Crippen LogP contribution in [0.3, 0.4) is 0 Å². The third-order valence-corrected chi connectivity index (χ3v) is 13.6. The molecule has 0 atom stereocenters. The molecule has 1 aromatic heterocycles. The van der Waals surface area contributed by atoms with Gasteiger partial charge in [0.25, 0.3) is 0 Å². The van der Waals surface area contributed by atoms with Crippen LogP contribution in [0.2, 0.25) is 0 Å². The van der Waals surface area contributed by atoms with Crippen LogP contribution in [0, 0.1) is 0 Å². The molecule has 0 fully saturated rings. The number of hydrogen-bond acceptors (Lipinski definition) is 0. The summed E-state index contributed by atoms with van der Waals surface area (Å²) < 4.78 is 2.47. The molecule has 12 aromatic carbocycles. The molecule has 0 aliphatic carbocycles. The molecule has 0 radical (unpaired) electrons. The molecule has 1 heterocycles. The SMILES string of the molecule is c1ccc(-c2c3ccccc3c(-c3ccccc3-c3ccccc3-c3ccccc3-c3cc4c(c5ccccc35)c3c5ccccc5ccc3n4-c3ccccc3)c3ccccc23)cc1. The summed E-state index contributed by atoms with van der Waals surface area (Å²) >= 11 is 0. The van der Waals surface area contributed by atoms with Crippen molar-refractivity contribution in [3.8, 4) is 61.3 Å². The van der Waals surface area contributed by atoms with Crippen LogP contribution >= 0.6 is 0 Å². The number of aromatic nitrogens is 1. The lowest BCUT2D eigenvalue weighted by molar-refractivity contribution is 1.18. The highest BCUT2D eigenvalue weighted by molar-refractivity contribution is 6.30. The van der Waals surface area contributed by atoms with E-state index < -0.39 is 0 Å². The maximum absolute atomic E-state index is 2.47. The number of fused-ring (bicyclic) bond motifs is 9. The van der Waals surface area contributed by atoms with E-state index in [1.54, 1.807) is 0 Å². The molecule has 0 bridgehead atoms. The lowest BCUT2D eigenvalue weighted by Gasteiger charge is -2.21. The first-order chi connectivity index (χ1) is 32.3. The fraction of sp³-hybridized carbons (Fsp3) is 0. The minimum absolute atomic E-state index is 1.15. The van der Waals surface area contributed by atoms with Crippen LogP contribution in [0.1, 0.15) is 0 Å². The van der Waals surface area contributed by atoms with Crippen molar-refractivity contribution in [1.29, 1.82) is 0 Å². The van der Waals surface area contributed by atoms with Gasteiger partial charge in [-0.15, -0.1) is 0 Å². The topological polar surface area (TPSA) is 4.93 Å². The summed E-state index contributed by atoms with van der Waals surface area (Å²) in [6.45, 7) is 0. The highest BCUT2D eigenvalue weighted by atomic mass is 15.0. The minimum atomic E-state index is 1.15. The summed E-state index contributed by atoms with van der Waals surface area (Å²) in [5, 5.41) is 12.6. The summed E-state index contributed by atoms with van der Waals surface area (Å²) in [6, 6.07) is 91.5. The molecular formula is C64H41N. The van der Waals surface area contributed by atoms with Crippen LogP contribution < -0.4 is 0 Å². The van der Waals surface area contributed by atoms with Crippen molar-refractivity contribution >= 4 is 64.9 Å². The Kier molecular flexibility index (Phi) is 8.60. The van der Waals surface area contributed by atoms with Crippen molar-refractivity contribution in [3.63, 3.8) is 0 Å². The molecule has 302 valence electrons. The van der Waals surface area contributed by atoms with E-state index in [4.69, 9.17) is 0 Å². The normalized spacial score (nSPS) is 11.7. The Balaban J connectivity index is 1.07. The van der Waals surface area contributed by atoms with Gasteiger partial charge in [-0.05, 0) is 123 Å². The molecule has 0 aliphatic heterocycles. The number of rotatable bonds is 6. The van der Waals surface area contributed by atoms with Gasteiger partial charge >= 0.3 is 0 Å². The predicted molar refractivity (Wildman–Crippen MR) is 278 cm³/mol. The fourth-order valence-corrected chi connectivity index (χ4v) is 10.9. The Morgan fingerprint density at radius 3 is 1.22 bits per heavy atom. The standard InChI is InChI=1S/C64H41N/c1-3-22-43(23-4-1)61-54-35-17-19-37-56(54)62(57-38-20-18-36-55(57)61)52-33-15-13-30-49(52)47-28-10-9-27-46(47)48-29-11-12-31-50(48)58-41-60-64(53-34-16-14-32-51(53)58)63-45-26-8-7-21-42(45)39-40-59(63)65(60)44-24-5-2-6-25-44/h1-41H. The van der Waals surface area contributed by atoms with Gasteiger partial charge in [0.1, 0.15) is 0 Å². The molecule has 0 unspecified atom stereocenters. The quantitative estimate of drug-likeness (QED) is 0.147. The third kappa shape index (κ3) is 5.79. The smallest absolute Gasteiger partial charge is 0.0553 e. The van der Waals surface area contributed by atoms with E-state index in [1.165, 1.54) is 121 Å². The van der Waals surface area contributed by atoms with Crippen LogP contribution in [-0.4, -0.2) is 4.57 Å². The van der Waals surface area contributed by atoms with Gasteiger partial charge in [-0.1, -0.05) is 224 Å². The number of hydrogen-bond donors (Lipinski definition) is 0. The molecule has 0 saturated carbocycles. The second kappa shape index (κ2) is 15.1. The summed E-state index contributed by atoms with van der Waals surface area (Å²) in [5.74, 6) is 0. The van der Waals surface area contributed by atoms with E-state index in [0.29, 0.717) is 0 Å². The van der Waals surface area contributed by atoms with Crippen molar-refractivity contribution in [3.05, 3.63) is 249 Å². The maximum atomic E-state index is 2.47. The van der Waals surface area contributed by atoms with E-state index in [9.17, 15) is 0 Å². The first kappa shape index (κ1) is 37.1. The zero-order valence-electron chi connectivity index (χ0n) is 35.6. The molecular weight excluding hydrogens is 783 g/mol. The molecule has 0 amide bonds. The molecule has 13 rings (SSSR count). The van der Waals surface area contributed by atoms with Crippen LogP contribution in [-0.2, 0) is 0 Å². The van der Waals surface area contributed by atoms with Gasteiger partial charge in [0.2, 0.25) is 0 Å². The molecule has 1 heteroatoms. The summed E-state index contributed by atoms with van der Waals surface area (Å²) in [4.78, 5) is 0. The first-order valence-corrected chi connectivity index (χ1v) is 22.5. The summed E-state index contributed by atoms with van der Waals surface area (Å²) in [5.41, 5.74) is 15.7. The van der Waals surface area contributed by atoms with Gasteiger partial charge in [-0.3, -0.25) is 0 Å². The van der Waals surface area contributed by atoms with Gasteiger partial charge in [0, 0.05) is 16.5 Å². The fourth-order valence-electron chi connectivity index (χ4n) is 10.9. The second-order valence-electron chi connectivity index (χ2n) is 17.1. The lowest BCUT2D eigenvalue weighted by atomic mass is 9.82. The van der Waals surface area contributed by atoms with Gasteiger partial charge in [0.15, 0.2) is 0 Å². The zero-order valence-corrected chi connectivity index (χ0v) is 35.6. The van der Waals surface area contributed by atoms with Crippen molar-refractivity contribution in [1.82, 2.24) is 4.57 Å². The Hall–Kier alpha value is -8.52. The van der Waals surface area contributed by atoms with Crippen LogP contribution in [0.4, 0.5) is 0 Å². The van der Waals surface area contributed by atoms with Crippen molar-refractivity contribution < 1.29 is 0 Å². The number of nitrogens with zero attached hydrogens (tertiary/aromatic N) is 1. The summed E-state index contributed by atoms with van der Waals surface area (Å²) in [6.07, 6.45) is 0. The zero-order chi connectivity index (χ0) is 42.8. The monoisotopic (exact) mass is 823 g/mol. The molecule has 0 saturated heterocycles. The summed E-state index contributed by atoms with van der Waals surface area (Å²) in [7, 11) is 0. The Labute approximate surface area is 377 Å². The molecule has 13 aromatic rings. The number of para-hydroxylation sites is 1. The molecule has 1 nitrogen and oxygen atoms in total. The van der Waals surface area contributed by atoms with E-state index in [1.807, 2.05) is 0 Å². The van der Waals surface area contributed by atoms with E-state index in [2.05, 4.69) is 253 Å². The molecule has 0 spiro atoms. The Morgan fingerprint density at radius 2 is 0.631 bits per heavy atom. The highest BCUT2D eigenvalue weighted by Gasteiger charge is 2.23. The highest BCUT2D eigenvalue weighted by Crippen LogP contribution is 2.50. The van der Waals surface area contributed by atoms with Crippen molar-refractivity contribution in [2.45, 2.75) is 0 Å². The van der Waals surface area contributed by atoms with Gasteiger partial charge in [-0.2, -0.15) is 0 Å². The second-order valence-corrected chi connectivity index (χ2v) is 17.1. The molecule has 0 aliphatic rings. The average molecular weight is 824 g/mol. The van der Waals surface area contributed by atoms with Crippen LogP contribution in [0.25, 0.3) is 126 Å². The Bertz CT molecular complexity index is 3930. The Morgan fingerprint density at radius 1 is 0.231 bits per heavy atom. The van der Waals surface area contributed by atoms with Crippen LogP contribution in [0.5, 0.6) is 0 Å². The predicted octanol–water partition coefficient (Wildman–Crippen LogP) is 17.7. The number of benzene rings is 12. The average Bonchev–Trinajstić information content (AvgIpc) is 3.73. The molecule has 0 N–H and O–H groups in total.